The van der Waals surface area contributed by atoms with Crippen molar-refractivity contribution in [2.75, 3.05) is 11.1 Å². The molecule has 0 saturated heterocycles. The summed E-state index contributed by atoms with van der Waals surface area (Å²) in [7, 11) is 0. The number of nitrogen functional groups attached to an aromatic ring is 1. The molecule has 1 amide bonds. The summed E-state index contributed by atoms with van der Waals surface area (Å²) < 4.78 is 0. The van der Waals surface area contributed by atoms with E-state index in [9.17, 15) is 4.79 Å². The van der Waals surface area contributed by atoms with Crippen LogP contribution >= 0.6 is 0 Å². The van der Waals surface area contributed by atoms with Crippen LogP contribution in [-0.4, -0.2) is 5.91 Å². The number of carbonyl (C=O) groups is 1. The molecule has 18 heavy (non-hydrogen) atoms. The van der Waals surface area contributed by atoms with Crippen LogP contribution in [0, 0.1) is 5.41 Å². The van der Waals surface area contributed by atoms with Gasteiger partial charge in [0.2, 0.25) is 5.91 Å². The number of nitrogens with one attached hydrogen (secondary N) is 1. The van der Waals surface area contributed by atoms with Gasteiger partial charge in [0.25, 0.3) is 0 Å². The van der Waals surface area contributed by atoms with Crippen LogP contribution in [0.3, 0.4) is 0 Å². The fourth-order valence-corrected chi connectivity index (χ4v) is 2.08. The third kappa shape index (κ3) is 2.45. The summed E-state index contributed by atoms with van der Waals surface area (Å²) in [6, 6.07) is 7.20. The van der Waals surface area contributed by atoms with Crippen LogP contribution in [0.5, 0.6) is 0 Å². The lowest BCUT2D eigenvalue weighted by molar-refractivity contribution is -0.123. The van der Waals surface area contributed by atoms with E-state index in [1.54, 1.807) is 12.1 Å². The van der Waals surface area contributed by atoms with Gasteiger partial charge in [-0.2, -0.15) is 0 Å². The highest BCUT2D eigenvalue weighted by Gasteiger charge is 2.33. The predicted molar refractivity (Wildman–Crippen MR) is 75.1 cm³/mol. The number of nitrogens with two attached hydrogens (primary N) is 1. The first-order valence-corrected chi connectivity index (χ1v) is 6.18. The van der Waals surface area contributed by atoms with Crippen LogP contribution in [0.1, 0.15) is 19.8 Å². The minimum absolute atomic E-state index is 0.0374. The summed E-state index contributed by atoms with van der Waals surface area (Å²) in [5.41, 5.74) is 6.67. The maximum Gasteiger partial charge on any atom is 0.234 e. The molecule has 3 N–H and O–H groups in total. The lowest BCUT2D eigenvalue weighted by atomic mass is 9.78. The maximum atomic E-state index is 12.4. The van der Waals surface area contributed by atoms with Crippen LogP contribution in [0.25, 0.3) is 0 Å². The Morgan fingerprint density at radius 1 is 1.33 bits per heavy atom. The third-order valence-electron chi connectivity index (χ3n) is 3.40. The molecular formula is C15H18N2O. The summed E-state index contributed by atoms with van der Waals surface area (Å²) in [5, 5.41) is 2.95. The van der Waals surface area contributed by atoms with Gasteiger partial charge in [0.05, 0.1) is 5.41 Å². The molecule has 3 nitrogen and oxygen atoms in total. The van der Waals surface area contributed by atoms with Gasteiger partial charge < -0.3 is 11.1 Å². The van der Waals surface area contributed by atoms with Gasteiger partial charge in [-0.3, -0.25) is 4.79 Å². The molecule has 2 rings (SSSR count). The quantitative estimate of drug-likeness (QED) is 0.800. The van der Waals surface area contributed by atoms with Crippen molar-refractivity contribution < 1.29 is 4.79 Å². The molecular weight excluding hydrogens is 224 g/mol. The fourth-order valence-electron chi connectivity index (χ4n) is 2.08. The van der Waals surface area contributed by atoms with E-state index in [0.29, 0.717) is 5.69 Å². The Kier molecular flexibility index (Phi) is 3.51. The van der Waals surface area contributed by atoms with Crippen LogP contribution in [0.4, 0.5) is 11.4 Å². The van der Waals surface area contributed by atoms with E-state index in [-0.39, 0.29) is 5.91 Å². The Morgan fingerprint density at radius 2 is 2.06 bits per heavy atom. The SMILES string of the molecule is CCC1(C(=O)Nc2ccc(N)cc2)C=CC=CC1. The Bertz CT molecular complexity index is 488. The van der Waals surface area contributed by atoms with Gasteiger partial charge in [0, 0.05) is 11.4 Å². The molecule has 1 aliphatic carbocycles. The number of amides is 1. The van der Waals surface area contributed by atoms with Crippen molar-refractivity contribution in [1.29, 1.82) is 0 Å². The number of hydrogen-bond donors (Lipinski definition) is 2. The normalized spacial score (nSPS) is 21.8. The molecule has 0 aromatic heterocycles. The number of benzene rings is 1. The van der Waals surface area contributed by atoms with E-state index in [1.807, 2.05) is 43.4 Å². The first kappa shape index (κ1) is 12.4. The monoisotopic (exact) mass is 242 g/mol. The van der Waals surface area contributed by atoms with Gasteiger partial charge in [-0.15, -0.1) is 0 Å². The summed E-state index contributed by atoms with van der Waals surface area (Å²) in [5.74, 6) is 0.0374. The van der Waals surface area contributed by atoms with E-state index in [1.165, 1.54) is 0 Å². The maximum absolute atomic E-state index is 12.4. The average molecular weight is 242 g/mol. The predicted octanol–water partition coefficient (Wildman–Crippen LogP) is 3.12. The highest BCUT2D eigenvalue weighted by molar-refractivity contribution is 5.97. The van der Waals surface area contributed by atoms with Gasteiger partial charge in [-0.05, 0) is 37.1 Å². The van der Waals surface area contributed by atoms with Crippen molar-refractivity contribution in [3.05, 3.63) is 48.6 Å². The molecule has 1 aromatic rings. The van der Waals surface area contributed by atoms with E-state index >= 15 is 0 Å². The molecule has 0 spiro atoms. The molecule has 1 unspecified atom stereocenters. The zero-order valence-electron chi connectivity index (χ0n) is 10.5. The molecule has 0 bridgehead atoms. The van der Waals surface area contributed by atoms with Crippen molar-refractivity contribution in [3.8, 4) is 0 Å². The Labute approximate surface area is 107 Å². The third-order valence-corrected chi connectivity index (χ3v) is 3.40. The van der Waals surface area contributed by atoms with E-state index in [4.69, 9.17) is 5.73 Å². The largest absolute Gasteiger partial charge is 0.399 e. The molecule has 1 aromatic carbocycles. The second-order valence-corrected chi connectivity index (χ2v) is 4.58. The zero-order valence-corrected chi connectivity index (χ0v) is 10.5. The van der Waals surface area contributed by atoms with E-state index < -0.39 is 5.41 Å². The molecule has 0 aliphatic heterocycles. The van der Waals surface area contributed by atoms with Crippen molar-refractivity contribution in [2.24, 2.45) is 5.41 Å². The molecule has 0 radical (unpaired) electrons. The van der Waals surface area contributed by atoms with Crippen LogP contribution in [-0.2, 0) is 4.79 Å². The Morgan fingerprint density at radius 3 is 2.61 bits per heavy atom. The molecule has 94 valence electrons. The second kappa shape index (κ2) is 5.08. The highest BCUT2D eigenvalue weighted by atomic mass is 16.2. The molecule has 0 heterocycles. The van der Waals surface area contributed by atoms with Crippen molar-refractivity contribution >= 4 is 17.3 Å². The number of anilines is 2. The topological polar surface area (TPSA) is 55.1 Å². The summed E-state index contributed by atoms with van der Waals surface area (Å²) in [6.45, 7) is 2.03. The van der Waals surface area contributed by atoms with Gasteiger partial charge in [-0.25, -0.2) is 0 Å². The second-order valence-electron chi connectivity index (χ2n) is 4.58. The first-order chi connectivity index (χ1) is 8.66. The lowest BCUT2D eigenvalue weighted by Gasteiger charge is -2.28. The molecule has 1 atom stereocenters. The standard InChI is InChI=1S/C15H18N2O/c1-2-15(10-4-3-5-11-15)14(18)17-13-8-6-12(16)7-9-13/h3-10H,2,11,16H2,1H3,(H,17,18). The summed E-state index contributed by atoms with van der Waals surface area (Å²) in [4.78, 5) is 12.4. The van der Waals surface area contributed by atoms with Gasteiger partial charge in [-0.1, -0.05) is 31.2 Å². The first-order valence-electron chi connectivity index (χ1n) is 6.18. The molecule has 0 fully saturated rings. The van der Waals surface area contributed by atoms with Crippen LogP contribution in [0.15, 0.2) is 48.6 Å². The van der Waals surface area contributed by atoms with E-state index in [2.05, 4.69) is 5.32 Å². The van der Waals surface area contributed by atoms with Crippen molar-refractivity contribution in [2.45, 2.75) is 19.8 Å². The minimum atomic E-state index is -0.420. The minimum Gasteiger partial charge on any atom is -0.399 e. The average Bonchev–Trinajstić information content (AvgIpc) is 2.42. The lowest BCUT2D eigenvalue weighted by Crippen LogP contribution is -2.34. The number of allylic oxidation sites excluding steroid dienone is 3. The van der Waals surface area contributed by atoms with Gasteiger partial charge in [0.1, 0.15) is 0 Å². The highest BCUT2D eigenvalue weighted by Crippen LogP contribution is 2.33. The molecule has 3 heteroatoms. The van der Waals surface area contributed by atoms with Gasteiger partial charge >= 0.3 is 0 Å². The Balaban J connectivity index is 2.13. The molecule has 0 saturated carbocycles. The van der Waals surface area contributed by atoms with Crippen molar-refractivity contribution in [1.82, 2.24) is 0 Å². The number of rotatable bonds is 3. The number of hydrogen-bond acceptors (Lipinski definition) is 2. The summed E-state index contributed by atoms with van der Waals surface area (Å²) >= 11 is 0. The smallest absolute Gasteiger partial charge is 0.234 e. The van der Waals surface area contributed by atoms with E-state index in [0.717, 1.165) is 18.5 Å². The van der Waals surface area contributed by atoms with Crippen LogP contribution < -0.4 is 11.1 Å². The fraction of sp³-hybridized carbons (Fsp3) is 0.267. The zero-order chi connectivity index (χ0) is 13.0. The van der Waals surface area contributed by atoms with Gasteiger partial charge in [0.15, 0.2) is 0 Å². The summed E-state index contributed by atoms with van der Waals surface area (Å²) in [6.07, 6.45) is 9.47. The van der Waals surface area contributed by atoms with Crippen LogP contribution in [0.2, 0.25) is 0 Å². The van der Waals surface area contributed by atoms with Crippen molar-refractivity contribution in [3.63, 3.8) is 0 Å². The Hall–Kier alpha value is -2.03. The number of carbonyl (C=O) groups excluding carboxylic acids is 1. The molecule has 1 aliphatic rings.